The number of benzene rings is 1. The van der Waals surface area contributed by atoms with Gasteiger partial charge < -0.3 is 4.18 Å². The highest BCUT2D eigenvalue weighted by atomic mass is 79.9. The molecule has 0 aliphatic heterocycles. The van der Waals surface area contributed by atoms with Gasteiger partial charge in [-0.2, -0.15) is 34.8 Å². The van der Waals surface area contributed by atoms with Crippen LogP contribution in [0, 0.1) is 0 Å². The highest BCUT2D eigenvalue weighted by Crippen LogP contribution is 2.39. The summed E-state index contributed by atoms with van der Waals surface area (Å²) in [5.41, 5.74) is -7.80. The summed E-state index contributed by atoms with van der Waals surface area (Å²) in [6.07, 6.45) is -5.16. The van der Waals surface area contributed by atoms with E-state index in [9.17, 15) is 34.8 Å². The van der Waals surface area contributed by atoms with E-state index in [-0.39, 0.29) is 10.9 Å². The molecule has 4 nitrogen and oxygen atoms in total. The minimum absolute atomic E-state index is 0.0581. The van der Waals surface area contributed by atoms with Gasteiger partial charge in [0.05, 0.1) is 5.52 Å². The SMILES string of the molecule is O=S(=O)(Oc1nc2cc(Br)ccc2cc1C(F)(F)F)C(F)(F)F. The van der Waals surface area contributed by atoms with E-state index in [0.29, 0.717) is 10.5 Å². The second-order valence-electron chi connectivity index (χ2n) is 4.16. The third-order valence-corrected chi connectivity index (χ3v) is 3.96. The summed E-state index contributed by atoms with van der Waals surface area (Å²) < 4.78 is 101. The van der Waals surface area contributed by atoms with E-state index in [4.69, 9.17) is 0 Å². The third-order valence-electron chi connectivity index (χ3n) is 2.52. The molecule has 126 valence electrons. The molecule has 0 radical (unpaired) electrons. The lowest BCUT2D eigenvalue weighted by Gasteiger charge is -2.14. The van der Waals surface area contributed by atoms with Crippen molar-refractivity contribution in [2.24, 2.45) is 0 Å². The van der Waals surface area contributed by atoms with Gasteiger partial charge in [-0.1, -0.05) is 22.0 Å². The van der Waals surface area contributed by atoms with Gasteiger partial charge in [0.25, 0.3) is 0 Å². The third kappa shape index (κ3) is 3.68. The van der Waals surface area contributed by atoms with Crippen LogP contribution >= 0.6 is 15.9 Å². The minimum Gasteiger partial charge on any atom is -0.355 e. The zero-order valence-electron chi connectivity index (χ0n) is 10.5. The highest BCUT2D eigenvalue weighted by molar-refractivity contribution is 9.10. The maximum absolute atomic E-state index is 12.9. The Hall–Kier alpha value is -1.56. The quantitative estimate of drug-likeness (QED) is 0.411. The molecule has 0 fully saturated rings. The normalized spacial score (nSPS) is 13.3. The molecule has 12 heteroatoms. The molecular weight excluding hydrogens is 420 g/mol. The number of hydrogen-bond donors (Lipinski definition) is 0. The van der Waals surface area contributed by atoms with Crippen molar-refractivity contribution < 1.29 is 38.9 Å². The van der Waals surface area contributed by atoms with Crippen LogP contribution in [0.4, 0.5) is 26.3 Å². The van der Waals surface area contributed by atoms with Gasteiger partial charge in [0.15, 0.2) is 0 Å². The van der Waals surface area contributed by atoms with Gasteiger partial charge in [-0.3, -0.25) is 0 Å². The summed E-state index contributed by atoms with van der Waals surface area (Å²) in [5, 5.41) is -0.0581. The predicted octanol–water partition coefficient (Wildman–Crippen LogP) is 4.24. The van der Waals surface area contributed by atoms with Gasteiger partial charge in [0.1, 0.15) is 5.56 Å². The fourth-order valence-corrected chi connectivity index (χ4v) is 2.32. The molecule has 2 rings (SSSR count). The molecule has 1 aromatic heterocycles. The van der Waals surface area contributed by atoms with Gasteiger partial charge in [0, 0.05) is 9.86 Å². The van der Waals surface area contributed by atoms with Crippen molar-refractivity contribution in [3.63, 3.8) is 0 Å². The van der Waals surface area contributed by atoms with Crippen molar-refractivity contribution >= 4 is 37.0 Å². The molecule has 0 N–H and O–H groups in total. The second-order valence-corrected chi connectivity index (χ2v) is 6.61. The molecule has 0 atom stereocenters. The van der Waals surface area contributed by atoms with Gasteiger partial charge in [-0.25, -0.2) is 4.98 Å². The minimum atomic E-state index is -6.29. The molecule has 0 spiro atoms. The molecular formula is C11H4BrF6NO3S. The van der Waals surface area contributed by atoms with E-state index in [1.165, 1.54) is 18.2 Å². The standard InChI is InChI=1S/C11H4BrF6NO3S/c12-6-2-1-5-3-7(10(13,14)15)9(19-8(5)4-6)22-23(20,21)11(16,17)18/h1-4H. The number of alkyl halides is 6. The monoisotopic (exact) mass is 423 g/mol. The van der Waals surface area contributed by atoms with Gasteiger partial charge in [-0.05, 0) is 18.2 Å². The van der Waals surface area contributed by atoms with Crippen LogP contribution in [0.3, 0.4) is 0 Å². The van der Waals surface area contributed by atoms with Crippen LogP contribution in [0.2, 0.25) is 0 Å². The van der Waals surface area contributed by atoms with Crippen molar-refractivity contribution in [3.05, 3.63) is 34.3 Å². The summed E-state index contributed by atoms with van der Waals surface area (Å²) >= 11 is 3.01. The lowest BCUT2D eigenvalue weighted by atomic mass is 10.1. The van der Waals surface area contributed by atoms with Gasteiger partial charge >= 0.3 is 21.8 Å². The molecule has 0 saturated carbocycles. The lowest BCUT2D eigenvalue weighted by molar-refractivity contribution is -0.138. The molecule has 0 unspecified atom stereocenters. The Kier molecular flexibility index (Phi) is 4.26. The fraction of sp³-hybridized carbons (Fsp3) is 0.182. The average molecular weight is 424 g/mol. The summed E-state index contributed by atoms with van der Waals surface area (Å²) in [6, 6.07) is 4.26. The first-order chi connectivity index (χ1) is 10.3. The largest absolute Gasteiger partial charge is 0.534 e. The van der Waals surface area contributed by atoms with E-state index in [0.717, 1.165) is 0 Å². The summed E-state index contributed by atoms with van der Waals surface area (Å²) in [4.78, 5) is 3.25. The summed E-state index contributed by atoms with van der Waals surface area (Å²) in [7, 11) is -6.29. The Labute approximate surface area is 133 Å². The van der Waals surface area contributed by atoms with Crippen molar-refractivity contribution in [1.82, 2.24) is 4.98 Å². The first kappa shape index (κ1) is 17.8. The maximum atomic E-state index is 12.9. The molecule has 23 heavy (non-hydrogen) atoms. The highest BCUT2D eigenvalue weighted by Gasteiger charge is 2.50. The number of nitrogens with zero attached hydrogens (tertiary/aromatic N) is 1. The molecule has 0 amide bonds. The van der Waals surface area contributed by atoms with Crippen molar-refractivity contribution in [2.45, 2.75) is 11.7 Å². The molecule has 1 aromatic carbocycles. The molecule has 0 bridgehead atoms. The Balaban J connectivity index is 2.69. The van der Waals surface area contributed by atoms with Crippen LogP contribution in [0.15, 0.2) is 28.7 Å². The summed E-state index contributed by atoms with van der Waals surface area (Å²) in [5.74, 6) is -1.69. The Bertz CT molecular complexity index is 862. The fourth-order valence-electron chi connectivity index (χ4n) is 1.54. The van der Waals surface area contributed by atoms with E-state index >= 15 is 0 Å². The Morgan fingerprint density at radius 3 is 2.17 bits per heavy atom. The van der Waals surface area contributed by atoms with E-state index in [1.807, 2.05) is 0 Å². The van der Waals surface area contributed by atoms with E-state index in [2.05, 4.69) is 25.1 Å². The van der Waals surface area contributed by atoms with E-state index < -0.39 is 33.2 Å². The van der Waals surface area contributed by atoms with Crippen molar-refractivity contribution in [3.8, 4) is 5.88 Å². The first-order valence-corrected chi connectivity index (χ1v) is 7.69. The number of halogens is 7. The number of rotatable bonds is 2. The molecule has 2 aromatic rings. The van der Waals surface area contributed by atoms with Crippen molar-refractivity contribution in [2.75, 3.05) is 0 Å². The average Bonchev–Trinajstić information content (AvgIpc) is 2.34. The first-order valence-electron chi connectivity index (χ1n) is 5.49. The number of hydrogen-bond acceptors (Lipinski definition) is 4. The smallest absolute Gasteiger partial charge is 0.355 e. The van der Waals surface area contributed by atoms with Crippen LogP contribution in [0.25, 0.3) is 10.9 Å². The van der Waals surface area contributed by atoms with Gasteiger partial charge in [0.2, 0.25) is 5.88 Å². The number of pyridine rings is 1. The van der Waals surface area contributed by atoms with Crippen LogP contribution in [-0.2, 0) is 16.3 Å². The van der Waals surface area contributed by atoms with Crippen LogP contribution < -0.4 is 4.18 Å². The van der Waals surface area contributed by atoms with Crippen LogP contribution in [0.1, 0.15) is 5.56 Å². The molecule has 0 aliphatic rings. The summed E-state index contributed by atoms with van der Waals surface area (Å²) in [6.45, 7) is 0. The molecule has 0 saturated heterocycles. The van der Waals surface area contributed by atoms with Crippen LogP contribution in [-0.4, -0.2) is 18.9 Å². The predicted molar refractivity (Wildman–Crippen MR) is 70.0 cm³/mol. The lowest BCUT2D eigenvalue weighted by Crippen LogP contribution is -2.29. The van der Waals surface area contributed by atoms with E-state index in [1.54, 1.807) is 0 Å². The maximum Gasteiger partial charge on any atom is 0.534 e. The zero-order valence-corrected chi connectivity index (χ0v) is 12.9. The number of fused-ring (bicyclic) bond motifs is 1. The number of aromatic nitrogens is 1. The molecule has 1 heterocycles. The topological polar surface area (TPSA) is 56.3 Å². The van der Waals surface area contributed by atoms with Crippen LogP contribution in [0.5, 0.6) is 5.88 Å². The second kappa shape index (κ2) is 5.51. The van der Waals surface area contributed by atoms with Crippen molar-refractivity contribution in [1.29, 1.82) is 0 Å². The van der Waals surface area contributed by atoms with Gasteiger partial charge in [-0.15, -0.1) is 0 Å². The Morgan fingerprint density at radius 1 is 1.04 bits per heavy atom. The Morgan fingerprint density at radius 2 is 1.65 bits per heavy atom. The molecule has 0 aliphatic carbocycles. The zero-order chi connectivity index (χ0) is 17.6.